The SMILES string of the molecule is COc1ccc(/C=N\NC(=S)Nc2ccc(F)cc2)cc1OC. The standard InChI is InChI=1S/C16H16FN3O2S/c1-21-14-8-3-11(9-15(14)22-2)10-18-20-16(23)19-13-6-4-12(17)5-7-13/h3-10H,1-2H3,(H2,19,20,23)/b18-10-. The predicted molar refractivity (Wildman–Crippen MR) is 92.9 cm³/mol. The molecule has 0 fully saturated rings. The minimum Gasteiger partial charge on any atom is -0.493 e. The van der Waals surface area contributed by atoms with E-state index in [2.05, 4.69) is 15.8 Å². The normalized spacial score (nSPS) is 10.4. The van der Waals surface area contributed by atoms with Crippen LogP contribution in [-0.4, -0.2) is 25.5 Å². The topological polar surface area (TPSA) is 54.9 Å². The maximum atomic E-state index is 12.8. The molecule has 0 unspecified atom stereocenters. The summed E-state index contributed by atoms with van der Waals surface area (Å²) in [7, 11) is 3.14. The van der Waals surface area contributed by atoms with Crippen molar-refractivity contribution in [3.05, 3.63) is 53.8 Å². The van der Waals surface area contributed by atoms with Gasteiger partial charge in [0.05, 0.1) is 20.4 Å². The summed E-state index contributed by atoms with van der Waals surface area (Å²) >= 11 is 5.10. The summed E-state index contributed by atoms with van der Waals surface area (Å²) in [5.41, 5.74) is 4.17. The van der Waals surface area contributed by atoms with Crippen LogP contribution in [0.3, 0.4) is 0 Å². The average molecular weight is 333 g/mol. The van der Waals surface area contributed by atoms with Crippen molar-refractivity contribution in [3.8, 4) is 11.5 Å². The Labute approximate surface area is 139 Å². The number of anilines is 1. The molecule has 7 heteroatoms. The van der Waals surface area contributed by atoms with E-state index < -0.39 is 0 Å². The van der Waals surface area contributed by atoms with Crippen molar-refractivity contribution in [2.75, 3.05) is 19.5 Å². The fraction of sp³-hybridized carbons (Fsp3) is 0.125. The summed E-state index contributed by atoms with van der Waals surface area (Å²) < 4.78 is 23.2. The van der Waals surface area contributed by atoms with E-state index in [4.69, 9.17) is 21.7 Å². The molecule has 2 aromatic carbocycles. The number of nitrogens with one attached hydrogen (secondary N) is 2. The summed E-state index contributed by atoms with van der Waals surface area (Å²) in [6.07, 6.45) is 1.60. The first-order valence-corrected chi connectivity index (χ1v) is 7.11. The molecule has 0 bridgehead atoms. The lowest BCUT2D eigenvalue weighted by Gasteiger charge is -2.08. The van der Waals surface area contributed by atoms with Crippen molar-refractivity contribution in [1.29, 1.82) is 0 Å². The van der Waals surface area contributed by atoms with E-state index in [-0.39, 0.29) is 5.82 Å². The summed E-state index contributed by atoms with van der Waals surface area (Å²) in [6.45, 7) is 0. The number of hydrazone groups is 1. The number of benzene rings is 2. The molecular weight excluding hydrogens is 317 g/mol. The highest BCUT2D eigenvalue weighted by molar-refractivity contribution is 7.80. The summed E-state index contributed by atoms with van der Waals surface area (Å²) in [6, 6.07) is 11.3. The fourth-order valence-electron chi connectivity index (χ4n) is 1.79. The number of hydrogen-bond acceptors (Lipinski definition) is 4. The third-order valence-electron chi connectivity index (χ3n) is 2.89. The van der Waals surface area contributed by atoms with Crippen LogP contribution in [0.15, 0.2) is 47.6 Å². The Bertz CT molecular complexity index is 705. The van der Waals surface area contributed by atoms with E-state index in [9.17, 15) is 4.39 Å². The summed E-state index contributed by atoms with van der Waals surface area (Å²) in [5, 5.41) is 7.23. The van der Waals surface area contributed by atoms with Gasteiger partial charge in [-0.25, -0.2) is 4.39 Å². The highest BCUT2D eigenvalue weighted by Gasteiger charge is 2.03. The molecule has 0 amide bonds. The van der Waals surface area contributed by atoms with Crippen molar-refractivity contribution in [2.45, 2.75) is 0 Å². The first-order chi connectivity index (χ1) is 11.1. The van der Waals surface area contributed by atoms with Crippen molar-refractivity contribution < 1.29 is 13.9 Å². The molecule has 0 heterocycles. The molecule has 0 aliphatic carbocycles. The van der Waals surface area contributed by atoms with E-state index >= 15 is 0 Å². The van der Waals surface area contributed by atoms with Crippen LogP contribution < -0.4 is 20.2 Å². The second-order valence-electron chi connectivity index (χ2n) is 4.45. The van der Waals surface area contributed by atoms with Gasteiger partial charge >= 0.3 is 0 Å². The van der Waals surface area contributed by atoms with Crippen LogP contribution in [0.1, 0.15) is 5.56 Å². The Morgan fingerprint density at radius 2 is 1.78 bits per heavy atom. The highest BCUT2D eigenvalue weighted by atomic mass is 32.1. The summed E-state index contributed by atoms with van der Waals surface area (Å²) in [5.74, 6) is 0.954. The molecule has 0 aliphatic rings. The third kappa shape index (κ3) is 4.93. The molecule has 0 saturated carbocycles. The van der Waals surface area contributed by atoms with Crippen molar-refractivity contribution >= 4 is 29.2 Å². The minimum absolute atomic E-state index is 0.299. The molecule has 0 saturated heterocycles. The fourth-order valence-corrected chi connectivity index (χ4v) is 1.96. The number of thiocarbonyl (C=S) groups is 1. The molecule has 5 nitrogen and oxygen atoms in total. The lowest BCUT2D eigenvalue weighted by atomic mass is 10.2. The average Bonchev–Trinajstić information content (AvgIpc) is 2.56. The Hall–Kier alpha value is -2.67. The van der Waals surface area contributed by atoms with Crippen LogP contribution in [0.4, 0.5) is 10.1 Å². The molecule has 2 aromatic rings. The van der Waals surface area contributed by atoms with Crippen LogP contribution in [0.2, 0.25) is 0 Å². The minimum atomic E-state index is -0.305. The largest absolute Gasteiger partial charge is 0.493 e. The first-order valence-electron chi connectivity index (χ1n) is 6.70. The van der Waals surface area contributed by atoms with E-state index in [1.807, 2.05) is 6.07 Å². The number of ether oxygens (including phenoxy) is 2. The van der Waals surface area contributed by atoms with Gasteiger partial charge in [-0.3, -0.25) is 5.43 Å². The number of halogens is 1. The molecule has 0 atom stereocenters. The van der Waals surface area contributed by atoms with Gasteiger partial charge < -0.3 is 14.8 Å². The molecule has 0 aliphatic heterocycles. The zero-order chi connectivity index (χ0) is 16.7. The Morgan fingerprint density at radius 1 is 1.09 bits per heavy atom. The van der Waals surface area contributed by atoms with Crippen LogP contribution in [-0.2, 0) is 0 Å². The first kappa shape index (κ1) is 16.7. The number of rotatable bonds is 5. The van der Waals surface area contributed by atoms with Gasteiger partial charge in [-0.2, -0.15) is 5.10 Å². The van der Waals surface area contributed by atoms with Gasteiger partial charge in [-0.15, -0.1) is 0 Å². The number of methoxy groups -OCH3 is 2. The molecule has 0 aromatic heterocycles. The van der Waals surface area contributed by atoms with E-state index in [0.29, 0.717) is 22.3 Å². The Balaban J connectivity index is 1.93. The monoisotopic (exact) mass is 333 g/mol. The molecule has 23 heavy (non-hydrogen) atoms. The number of hydrogen-bond donors (Lipinski definition) is 2. The van der Waals surface area contributed by atoms with Crippen molar-refractivity contribution in [1.82, 2.24) is 5.43 Å². The van der Waals surface area contributed by atoms with E-state index in [1.165, 1.54) is 12.1 Å². The van der Waals surface area contributed by atoms with Crippen LogP contribution >= 0.6 is 12.2 Å². The van der Waals surface area contributed by atoms with Gasteiger partial charge in [-0.05, 0) is 60.2 Å². The Morgan fingerprint density at radius 3 is 2.43 bits per heavy atom. The summed E-state index contributed by atoms with van der Waals surface area (Å²) in [4.78, 5) is 0. The zero-order valence-corrected chi connectivity index (χ0v) is 13.5. The van der Waals surface area contributed by atoms with Crippen LogP contribution in [0, 0.1) is 5.82 Å². The maximum Gasteiger partial charge on any atom is 0.191 e. The third-order valence-corrected chi connectivity index (χ3v) is 3.08. The Kier molecular flexibility index (Phi) is 5.87. The highest BCUT2D eigenvalue weighted by Crippen LogP contribution is 2.26. The van der Waals surface area contributed by atoms with E-state index in [0.717, 1.165) is 5.56 Å². The second kappa shape index (κ2) is 8.09. The van der Waals surface area contributed by atoms with Gasteiger partial charge in [0.25, 0.3) is 0 Å². The molecular formula is C16H16FN3O2S. The van der Waals surface area contributed by atoms with Gasteiger partial charge in [0, 0.05) is 5.69 Å². The molecule has 0 spiro atoms. The van der Waals surface area contributed by atoms with Gasteiger partial charge in [-0.1, -0.05) is 0 Å². The van der Waals surface area contributed by atoms with E-state index in [1.54, 1.807) is 44.7 Å². The quantitative estimate of drug-likeness (QED) is 0.500. The molecule has 2 N–H and O–H groups in total. The number of nitrogens with zero attached hydrogens (tertiary/aromatic N) is 1. The van der Waals surface area contributed by atoms with Crippen LogP contribution in [0.25, 0.3) is 0 Å². The lowest BCUT2D eigenvalue weighted by molar-refractivity contribution is 0.355. The van der Waals surface area contributed by atoms with Crippen LogP contribution in [0.5, 0.6) is 11.5 Å². The van der Waals surface area contributed by atoms with Crippen molar-refractivity contribution in [2.24, 2.45) is 5.10 Å². The zero-order valence-electron chi connectivity index (χ0n) is 12.7. The van der Waals surface area contributed by atoms with Gasteiger partial charge in [0.1, 0.15) is 5.82 Å². The lowest BCUT2D eigenvalue weighted by Crippen LogP contribution is -2.23. The van der Waals surface area contributed by atoms with Crippen molar-refractivity contribution in [3.63, 3.8) is 0 Å². The molecule has 2 rings (SSSR count). The smallest absolute Gasteiger partial charge is 0.191 e. The predicted octanol–water partition coefficient (Wildman–Crippen LogP) is 3.16. The molecule has 120 valence electrons. The molecule has 0 radical (unpaired) electrons. The maximum absolute atomic E-state index is 12.8. The second-order valence-corrected chi connectivity index (χ2v) is 4.85. The van der Waals surface area contributed by atoms with Gasteiger partial charge in [0.15, 0.2) is 16.6 Å². The van der Waals surface area contributed by atoms with Gasteiger partial charge in [0.2, 0.25) is 0 Å².